The summed E-state index contributed by atoms with van der Waals surface area (Å²) in [6, 6.07) is 10.1. The molecule has 0 radical (unpaired) electrons. The van der Waals surface area contributed by atoms with E-state index in [9.17, 15) is 4.79 Å². The second kappa shape index (κ2) is 9.66. The third kappa shape index (κ3) is 4.60. The molecule has 7 nitrogen and oxygen atoms in total. The fraction of sp³-hybridized carbons (Fsp3) is 0.500. The van der Waals surface area contributed by atoms with E-state index in [2.05, 4.69) is 20.9 Å². The number of piperidine rings is 1. The molecule has 0 bridgehead atoms. The van der Waals surface area contributed by atoms with Crippen LogP contribution in [0.4, 0.5) is 0 Å². The SMILES string of the molecule is COC(CNC(=O)c1nnn(C2CCNCC2)c1C)c1ccccc1.Cl. The normalized spacial score (nSPS) is 15.9. The highest BCUT2D eigenvalue weighted by atomic mass is 35.5. The van der Waals surface area contributed by atoms with Crippen molar-refractivity contribution < 1.29 is 9.53 Å². The molecule has 0 aliphatic carbocycles. The fourth-order valence-corrected chi connectivity index (χ4v) is 3.22. The zero-order chi connectivity index (χ0) is 17.6. The highest BCUT2D eigenvalue weighted by molar-refractivity contribution is 5.93. The smallest absolute Gasteiger partial charge is 0.273 e. The molecular formula is C18H26ClN5O2. The van der Waals surface area contributed by atoms with Crippen LogP contribution < -0.4 is 10.6 Å². The largest absolute Gasteiger partial charge is 0.375 e. The summed E-state index contributed by atoms with van der Waals surface area (Å²) in [5.74, 6) is -0.212. The molecule has 2 aromatic rings. The number of halogens is 1. The molecule has 1 atom stereocenters. The van der Waals surface area contributed by atoms with Crippen molar-refractivity contribution in [3.63, 3.8) is 0 Å². The second-order valence-electron chi connectivity index (χ2n) is 6.29. The molecular weight excluding hydrogens is 354 g/mol. The van der Waals surface area contributed by atoms with Crippen molar-refractivity contribution in [2.75, 3.05) is 26.7 Å². The van der Waals surface area contributed by atoms with Gasteiger partial charge in [0.25, 0.3) is 5.91 Å². The van der Waals surface area contributed by atoms with E-state index >= 15 is 0 Å². The van der Waals surface area contributed by atoms with Gasteiger partial charge in [-0.1, -0.05) is 35.5 Å². The Hall–Kier alpha value is -1.96. The van der Waals surface area contributed by atoms with Gasteiger partial charge in [-0.05, 0) is 38.4 Å². The van der Waals surface area contributed by atoms with Gasteiger partial charge in [0, 0.05) is 13.7 Å². The molecule has 0 saturated carbocycles. The van der Waals surface area contributed by atoms with E-state index in [1.165, 1.54) is 0 Å². The molecule has 1 aliphatic heterocycles. The van der Waals surface area contributed by atoms with Crippen LogP contribution in [-0.4, -0.2) is 47.6 Å². The van der Waals surface area contributed by atoms with Crippen molar-refractivity contribution >= 4 is 18.3 Å². The minimum atomic E-state index is -0.212. The highest BCUT2D eigenvalue weighted by Crippen LogP contribution is 2.20. The Balaban J connectivity index is 0.00000243. The van der Waals surface area contributed by atoms with Crippen LogP contribution in [0.1, 0.15) is 46.7 Å². The molecule has 1 fully saturated rings. The first-order valence-electron chi connectivity index (χ1n) is 8.69. The van der Waals surface area contributed by atoms with Gasteiger partial charge in [-0.25, -0.2) is 4.68 Å². The summed E-state index contributed by atoms with van der Waals surface area (Å²) < 4.78 is 7.38. The Morgan fingerprint density at radius 3 is 2.69 bits per heavy atom. The molecule has 2 N–H and O–H groups in total. The van der Waals surface area contributed by atoms with Crippen LogP contribution in [-0.2, 0) is 4.74 Å². The van der Waals surface area contributed by atoms with Gasteiger partial charge in [-0.2, -0.15) is 0 Å². The molecule has 3 rings (SSSR count). The molecule has 1 aromatic carbocycles. The summed E-state index contributed by atoms with van der Waals surface area (Å²) in [5.41, 5.74) is 2.24. The van der Waals surface area contributed by atoms with Crippen molar-refractivity contribution in [1.29, 1.82) is 0 Å². The first kappa shape index (κ1) is 20.4. The van der Waals surface area contributed by atoms with Gasteiger partial charge in [-0.15, -0.1) is 17.5 Å². The highest BCUT2D eigenvalue weighted by Gasteiger charge is 2.23. The van der Waals surface area contributed by atoms with Crippen LogP contribution in [0, 0.1) is 6.92 Å². The van der Waals surface area contributed by atoms with Gasteiger partial charge in [-0.3, -0.25) is 4.79 Å². The maximum Gasteiger partial charge on any atom is 0.273 e. The first-order chi connectivity index (χ1) is 12.2. The summed E-state index contributed by atoms with van der Waals surface area (Å²) >= 11 is 0. The molecule has 1 aromatic heterocycles. The van der Waals surface area contributed by atoms with Gasteiger partial charge in [0.05, 0.1) is 17.8 Å². The number of methoxy groups -OCH3 is 1. The zero-order valence-electron chi connectivity index (χ0n) is 15.1. The Bertz CT molecular complexity index is 701. The fourth-order valence-electron chi connectivity index (χ4n) is 3.22. The zero-order valence-corrected chi connectivity index (χ0v) is 16.0. The molecule has 1 amide bonds. The van der Waals surface area contributed by atoms with E-state index in [-0.39, 0.29) is 24.4 Å². The molecule has 142 valence electrons. The number of carbonyl (C=O) groups is 1. The van der Waals surface area contributed by atoms with Gasteiger partial charge in [0.1, 0.15) is 0 Å². The lowest BCUT2D eigenvalue weighted by molar-refractivity contribution is 0.0823. The average molecular weight is 380 g/mol. The molecule has 0 spiro atoms. The standard InChI is InChI=1S/C18H25N5O2.ClH/c1-13-17(21-22-23(13)15-8-10-19-11-9-15)18(24)20-12-16(25-2)14-6-4-3-5-7-14;/h3-7,15-16,19H,8-12H2,1-2H3,(H,20,24);1H. The van der Waals surface area contributed by atoms with E-state index in [4.69, 9.17) is 4.74 Å². The summed E-state index contributed by atoms with van der Waals surface area (Å²) in [5, 5.41) is 14.6. The number of amides is 1. The number of hydrogen-bond acceptors (Lipinski definition) is 5. The lowest BCUT2D eigenvalue weighted by atomic mass is 10.1. The van der Waals surface area contributed by atoms with Crippen LogP contribution in [0.25, 0.3) is 0 Å². The Morgan fingerprint density at radius 1 is 1.35 bits per heavy atom. The van der Waals surface area contributed by atoms with E-state index < -0.39 is 0 Å². The Morgan fingerprint density at radius 2 is 2.04 bits per heavy atom. The second-order valence-corrected chi connectivity index (χ2v) is 6.29. The van der Waals surface area contributed by atoms with E-state index in [0.717, 1.165) is 37.2 Å². The average Bonchev–Trinajstić information content (AvgIpc) is 3.05. The third-order valence-electron chi connectivity index (χ3n) is 4.70. The predicted octanol–water partition coefficient (Wildman–Crippen LogP) is 2.05. The van der Waals surface area contributed by atoms with Crippen molar-refractivity contribution in [2.45, 2.75) is 31.9 Å². The molecule has 2 heterocycles. The van der Waals surface area contributed by atoms with Gasteiger partial charge < -0.3 is 15.4 Å². The minimum Gasteiger partial charge on any atom is -0.375 e. The van der Waals surface area contributed by atoms with Crippen LogP contribution in [0.3, 0.4) is 0 Å². The van der Waals surface area contributed by atoms with Crippen molar-refractivity contribution in [1.82, 2.24) is 25.6 Å². The third-order valence-corrected chi connectivity index (χ3v) is 4.70. The first-order valence-corrected chi connectivity index (χ1v) is 8.69. The lowest BCUT2D eigenvalue weighted by Gasteiger charge is -2.23. The van der Waals surface area contributed by atoms with E-state index in [1.807, 2.05) is 41.9 Å². The number of carbonyl (C=O) groups excluding carboxylic acids is 1. The molecule has 1 unspecified atom stereocenters. The number of ether oxygens (including phenoxy) is 1. The quantitative estimate of drug-likeness (QED) is 0.802. The van der Waals surface area contributed by atoms with Gasteiger partial charge in [0.15, 0.2) is 5.69 Å². The number of rotatable bonds is 6. The predicted molar refractivity (Wildman–Crippen MR) is 102 cm³/mol. The van der Waals surface area contributed by atoms with Crippen molar-refractivity contribution in [2.24, 2.45) is 0 Å². The summed E-state index contributed by atoms with van der Waals surface area (Å²) in [7, 11) is 1.64. The topological polar surface area (TPSA) is 81.1 Å². The Kier molecular flexibility index (Phi) is 7.56. The van der Waals surface area contributed by atoms with Gasteiger partial charge >= 0.3 is 0 Å². The molecule has 26 heavy (non-hydrogen) atoms. The Labute approximate surface area is 159 Å². The number of nitrogens with one attached hydrogen (secondary N) is 2. The maximum atomic E-state index is 12.5. The van der Waals surface area contributed by atoms with Crippen LogP contribution in [0.15, 0.2) is 30.3 Å². The van der Waals surface area contributed by atoms with Crippen LogP contribution >= 0.6 is 12.4 Å². The van der Waals surface area contributed by atoms with Gasteiger partial charge in [0.2, 0.25) is 0 Å². The van der Waals surface area contributed by atoms with Crippen molar-refractivity contribution in [3.8, 4) is 0 Å². The minimum absolute atomic E-state index is 0. The summed E-state index contributed by atoms with van der Waals surface area (Å²) in [6.45, 7) is 4.23. The molecule has 1 saturated heterocycles. The van der Waals surface area contributed by atoms with Crippen LogP contribution in [0.2, 0.25) is 0 Å². The number of aromatic nitrogens is 3. The molecule has 1 aliphatic rings. The molecule has 8 heteroatoms. The number of hydrogen-bond donors (Lipinski definition) is 2. The number of nitrogens with zero attached hydrogens (tertiary/aromatic N) is 3. The maximum absolute atomic E-state index is 12.5. The number of benzene rings is 1. The summed E-state index contributed by atoms with van der Waals surface area (Å²) in [4.78, 5) is 12.5. The monoisotopic (exact) mass is 379 g/mol. The van der Waals surface area contributed by atoms with E-state index in [0.29, 0.717) is 18.3 Å². The lowest BCUT2D eigenvalue weighted by Crippen LogP contribution is -2.31. The van der Waals surface area contributed by atoms with E-state index in [1.54, 1.807) is 7.11 Å². The van der Waals surface area contributed by atoms with Crippen LogP contribution in [0.5, 0.6) is 0 Å². The summed E-state index contributed by atoms with van der Waals surface area (Å²) in [6.07, 6.45) is 1.82. The van der Waals surface area contributed by atoms with Crippen molar-refractivity contribution in [3.05, 3.63) is 47.3 Å².